The van der Waals surface area contributed by atoms with E-state index in [1.54, 1.807) is 0 Å². The molecule has 2 unspecified atom stereocenters. The van der Waals surface area contributed by atoms with E-state index < -0.39 is 5.97 Å². The van der Waals surface area contributed by atoms with Gasteiger partial charge in [0.05, 0.1) is 5.92 Å². The summed E-state index contributed by atoms with van der Waals surface area (Å²) in [6, 6.07) is 0. The van der Waals surface area contributed by atoms with Gasteiger partial charge in [-0.2, -0.15) is 0 Å². The van der Waals surface area contributed by atoms with Crippen LogP contribution in [-0.4, -0.2) is 48.7 Å². The predicted molar refractivity (Wildman–Crippen MR) is 62.4 cm³/mol. The lowest BCUT2D eigenvalue weighted by Gasteiger charge is -2.30. The molecule has 2 atom stereocenters. The number of aliphatic carboxylic acids is 1. The molecule has 0 spiro atoms. The minimum atomic E-state index is -0.612. The number of carboxylic acid groups (broad SMARTS) is 1. The third kappa shape index (κ3) is 2.95. The first-order valence-corrected chi connectivity index (χ1v) is 6.43. The Bertz CT molecular complexity index is 233. The first-order valence-electron chi connectivity index (χ1n) is 6.43. The summed E-state index contributed by atoms with van der Waals surface area (Å²) in [5.74, 6) is -0.452. The molecule has 4 nitrogen and oxygen atoms in total. The van der Waals surface area contributed by atoms with Gasteiger partial charge in [-0.3, -0.25) is 4.79 Å². The number of carbonyl (C=O) groups is 1. The average Bonchev–Trinajstić information content (AvgIpc) is 2.80. The quantitative estimate of drug-likeness (QED) is 0.744. The highest BCUT2D eigenvalue weighted by molar-refractivity contribution is 5.70. The Labute approximate surface area is 97.0 Å². The van der Waals surface area contributed by atoms with Gasteiger partial charge < -0.3 is 15.3 Å². The second-order valence-corrected chi connectivity index (χ2v) is 5.06. The Morgan fingerprint density at radius 2 is 2.12 bits per heavy atom. The van der Waals surface area contributed by atoms with Gasteiger partial charge in [0.15, 0.2) is 0 Å². The summed E-state index contributed by atoms with van der Waals surface area (Å²) in [6.45, 7) is 4.79. The number of piperidine rings is 1. The fourth-order valence-corrected chi connectivity index (χ4v) is 2.87. The first-order chi connectivity index (χ1) is 7.77. The van der Waals surface area contributed by atoms with Crippen LogP contribution in [0.2, 0.25) is 0 Å². The highest BCUT2D eigenvalue weighted by Crippen LogP contribution is 2.22. The lowest BCUT2D eigenvalue weighted by Crippen LogP contribution is -2.40. The SMILES string of the molecule is O=C(O)C(CN1CCCCC1)C1CCNC1. The van der Waals surface area contributed by atoms with Gasteiger partial charge in [0.1, 0.15) is 0 Å². The molecule has 92 valence electrons. The molecule has 0 bridgehead atoms. The summed E-state index contributed by atoms with van der Waals surface area (Å²) >= 11 is 0. The maximum Gasteiger partial charge on any atom is 0.308 e. The third-order valence-electron chi connectivity index (χ3n) is 3.89. The molecule has 0 aromatic heterocycles. The maximum atomic E-state index is 11.3. The molecule has 2 saturated heterocycles. The second kappa shape index (κ2) is 5.64. The van der Waals surface area contributed by atoms with E-state index in [0.717, 1.165) is 39.1 Å². The molecule has 2 N–H and O–H groups in total. The van der Waals surface area contributed by atoms with Crippen LogP contribution in [0.25, 0.3) is 0 Å². The molecule has 2 aliphatic heterocycles. The van der Waals surface area contributed by atoms with Crippen molar-refractivity contribution in [2.75, 3.05) is 32.7 Å². The highest BCUT2D eigenvalue weighted by atomic mass is 16.4. The number of nitrogens with zero attached hydrogens (tertiary/aromatic N) is 1. The second-order valence-electron chi connectivity index (χ2n) is 5.06. The van der Waals surface area contributed by atoms with Gasteiger partial charge in [-0.1, -0.05) is 6.42 Å². The van der Waals surface area contributed by atoms with E-state index in [-0.39, 0.29) is 5.92 Å². The monoisotopic (exact) mass is 226 g/mol. The molecule has 2 heterocycles. The summed E-state index contributed by atoms with van der Waals surface area (Å²) in [7, 11) is 0. The molecule has 0 amide bonds. The van der Waals surface area contributed by atoms with Crippen LogP contribution in [0.5, 0.6) is 0 Å². The van der Waals surface area contributed by atoms with Crippen molar-refractivity contribution in [1.29, 1.82) is 0 Å². The van der Waals surface area contributed by atoms with Crippen molar-refractivity contribution in [3.63, 3.8) is 0 Å². The van der Waals surface area contributed by atoms with Crippen LogP contribution in [0.1, 0.15) is 25.7 Å². The standard InChI is InChI=1S/C12H22N2O2/c15-12(16)11(10-4-5-13-8-10)9-14-6-2-1-3-7-14/h10-11,13H,1-9H2,(H,15,16). The summed E-state index contributed by atoms with van der Waals surface area (Å²) in [6.07, 6.45) is 4.79. The van der Waals surface area contributed by atoms with E-state index in [1.807, 2.05) is 0 Å². The molecule has 0 aromatic carbocycles. The van der Waals surface area contributed by atoms with Crippen molar-refractivity contribution in [1.82, 2.24) is 10.2 Å². The van der Waals surface area contributed by atoms with Gasteiger partial charge in [-0.25, -0.2) is 0 Å². The first kappa shape index (κ1) is 11.9. The predicted octanol–water partition coefficient (Wildman–Crippen LogP) is 0.783. The molecule has 0 saturated carbocycles. The minimum absolute atomic E-state index is 0.173. The van der Waals surface area contributed by atoms with Gasteiger partial charge in [-0.05, 0) is 51.4 Å². The van der Waals surface area contributed by atoms with Crippen molar-refractivity contribution < 1.29 is 9.90 Å². The minimum Gasteiger partial charge on any atom is -0.481 e. The molecule has 0 aliphatic carbocycles. The van der Waals surface area contributed by atoms with Crippen LogP contribution in [0.4, 0.5) is 0 Å². The zero-order valence-electron chi connectivity index (χ0n) is 9.82. The van der Waals surface area contributed by atoms with Gasteiger partial charge >= 0.3 is 5.97 Å². The fraction of sp³-hybridized carbons (Fsp3) is 0.917. The van der Waals surface area contributed by atoms with E-state index in [0.29, 0.717) is 5.92 Å². The summed E-state index contributed by atoms with van der Waals surface area (Å²) < 4.78 is 0. The molecule has 4 heteroatoms. The zero-order valence-corrected chi connectivity index (χ0v) is 9.82. The Morgan fingerprint density at radius 3 is 2.69 bits per heavy atom. The summed E-state index contributed by atoms with van der Waals surface area (Å²) in [4.78, 5) is 13.6. The fourth-order valence-electron chi connectivity index (χ4n) is 2.87. The summed E-state index contributed by atoms with van der Waals surface area (Å²) in [5, 5.41) is 12.6. The van der Waals surface area contributed by atoms with Gasteiger partial charge in [0.2, 0.25) is 0 Å². The van der Waals surface area contributed by atoms with E-state index in [1.165, 1.54) is 19.3 Å². The number of hydrogen-bond donors (Lipinski definition) is 2. The molecule has 0 radical (unpaired) electrons. The molecule has 2 fully saturated rings. The average molecular weight is 226 g/mol. The van der Waals surface area contributed by atoms with Gasteiger partial charge in [0.25, 0.3) is 0 Å². The lowest BCUT2D eigenvalue weighted by molar-refractivity contribution is -0.144. The largest absolute Gasteiger partial charge is 0.481 e. The molecule has 2 aliphatic rings. The lowest BCUT2D eigenvalue weighted by atomic mass is 9.90. The van der Waals surface area contributed by atoms with Crippen LogP contribution in [-0.2, 0) is 4.79 Å². The van der Waals surface area contributed by atoms with Crippen LogP contribution in [0.3, 0.4) is 0 Å². The number of rotatable bonds is 4. The Hall–Kier alpha value is -0.610. The van der Waals surface area contributed by atoms with Crippen LogP contribution >= 0.6 is 0 Å². The van der Waals surface area contributed by atoms with E-state index in [9.17, 15) is 9.90 Å². The van der Waals surface area contributed by atoms with Crippen LogP contribution < -0.4 is 5.32 Å². The van der Waals surface area contributed by atoms with Crippen LogP contribution in [0.15, 0.2) is 0 Å². The van der Waals surface area contributed by atoms with E-state index in [4.69, 9.17) is 0 Å². The van der Waals surface area contributed by atoms with Crippen molar-refractivity contribution in [3.8, 4) is 0 Å². The smallest absolute Gasteiger partial charge is 0.308 e. The van der Waals surface area contributed by atoms with Crippen LogP contribution in [0, 0.1) is 11.8 Å². The van der Waals surface area contributed by atoms with Gasteiger partial charge in [-0.15, -0.1) is 0 Å². The van der Waals surface area contributed by atoms with E-state index >= 15 is 0 Å². The number of nitrogens with one attached hydrogen (secondary N) is 1. The van der Waals surface area contributed by atoms with Crippen molar-refractivity contribution in [2.24, 2.45) is 11.8 Å². The Balaban J connectivity index is 1.88. The Morgan fingerprint density at radius 1 is 1.38 bits per heavy atom. The normalized spacial score (nSPS) is 29.1. The van der Waals surface area contributed by atoms with Crippen molar-refractivity contribution >= 4 is 5.97 Å². The Kier molecular flexibility index (Phi) is 4.18. The number of hydrogen-bond acceptors (Lipinski definition) is 3. The molecule has 0 aromatic rings. The molecular weight excluding hydrogens is 204 g/mol. The maximum absolute atomic E-state index is 11.3. The zero-order chi connectivity index (χ0) is 11.4. The molecule has 16 heavy (non-hydrogen) atoms. The van der Waals surface area contributed by atoms with Crippen molar-refractivity contribution in [2.45, 2.75) is 25.7 Å². The van der Waals surface area contributed by atoms with E-state index in [2.05, 4.69) is 10.2 Å². The highest BCUT2D eigenvalue weighted by Gasteiger charge is 2.32. The molecular formula is C12H22N2O2. The molecule has 2 rings (SSSR count). The number of likely N-dealkylation sites (tertiary alicyclic amines) is 1. The number of carboxylic acids is 1. The third-order valence-corrected chi connectivity index (χ3v) is 3.89. The van der Waals surface area contributed by atoms with Gasteiger partial charge in [0, 0.05) is 6.54 Å². The van der Waals surface area contributed by atoms with Crippen molar-refractivity contribution in [3.05, 3.63) is 0 Å². The summed E-state index contributed by atoms with van der Waals surface area (Å²) in [5.41, 5.74) is 0. The topological polar surface area (TPSA) is 52.6 Å².